The van der Waals surface area contributed by atoms with E-state index in [-0.39, 0.29) is 5.56 Å². The summed E-state index contributed by atoms with van der Waals surface area (Å²) in [6.07, 6.45) is 0.829. The summed E-state index contributed by atoms with van der Waals surface area (Å²) in [7, 11) is 0. The fraction of sp³-hybridized carbons (Fsp3) is 0.267. The van der Waals surface area contributed by atoms with Crippen LogP contribution in [0.25, 0.3) is 0 Å². The summed E-state index contributed by atoms with van der Waals surface area (Å²) in [6, 6.07) is 11.1. The first-order chi connectivity index (χ1) is 9.78. The number of hydrogen-bond donors (Lipinski definition) is 1. The van der Waals surface area contributed by atoms with Crippen molar-refractivity contribution in [2.45, 2.75) is 19.5 Å². The van der Waals surface area contributed by atoms with E-state index in [0.29, 0.717) is 18.7 Å². The molecule has 0 atom stereocenters. The Labute approximate surface area is 116 Å². The summed E-state index contributed by atoms with van der Waals surface area (Å²) in [4.78, 5) is 12.1. The predicted molar refractivity (Wildman–Crippen MR) is 74.2 cm³/mol. The molecule has 0 aliphatic carbocycles. The van der Waals surface area contributed by atoms with E-state index in [9.17, 15) is 4.79 Å². The fourth-order valence-corrected chi connectivity index (χ4v) is 2.40. The highest BCUT2D eigenvalue weighted by atomic mass is 16.1. The summed E-state index contributed by atoms with van der Waals surface area (Å²) >= 11 is 0. The summed E-state index contributed by atoms with van der Waals surface area (Å²) in [5, 5.41) is 16.8. The topological polar surface area (TPSA) is 70.7 Å². The Morgan fingerprint density at radius 2 is 2.25 bits per heavy atom. The van der Waals surface area contributed by atoms with E-state index in [1.807, 2.05) is 18.2 Å². The zero-order chi connectivity index (χ0) is 13.9. The normalized spacial score (nSPS) is 13.6. The van der Waals surface area contributed by atoms with Crippen LogP contribution in [0.1, 0.15) is 22.4 Å². The third kappa shape index (κ3) is 2.33. The van der Waals surface area contributed by atoms with E-state index in [4.69, 9.17) is 5.26 Å². The van der Waals surface area contributed by atoms with E-state index in [1.54, 1.807) is 12.1 Å². The van der Waals surface area contributed by atoms with Crippen LogP contribution in [0.2, 0.25) is 0 Å². The highest BCUT2D eigenvalue weighted by Crippen LogP contribution is 2.11. The van der Waals surface area contributed by atoms with Gasteiger partial charge in [0.25, 0.3) is 5.56 Å². The molecule has 1 aromatic heterocycles. The Bertz CT molecular complexity index is 742. The molecular weight excluding hydrogens is 252 g/mol. The lowest BCUT2D eigenvalue weighted by molar-refractivity contribution is 0.562. The molecule has 20 heavy (non-hydrogen) atoms. The lowest BCUT2D eigenvalue weighted by Crippen LogP contribution is -2.32. The first-order valence-electron chi connectivity index (χ1n) is 6.56. The Hall–Kier alpha value is -2.45. The summed E-state index contributed by atoms with van der Waals surface area (Å²) in [5.74, 6) is 0. The van der Waals surface area contributed by atoms with Crippen LogP contribution in [0, 0.1) is 11.3 Å². The summed E-state index contributed by atoms with van der Waals surface area (Å²) in [6.45, 7) is 1.92. The fourth-order valence-electron chi connectivity index (χ4n) is 2.40. The number of aromatic nitrogens is 2. The number of nitriles is 1. The van der Waals surface area contributed by atoms with Crippen molar-refractivity contribution in [1.82, 2.24) is 15.1 Å². The van der Waals surface area contributed by atoms with Crippen molar-refractivity contribution in [2.24, 2.45) is 0 Å². The van der Waals surface area contributed by atoms with Gasteiger partial charge in [-0.3, -0.25) is 4.79 Å². The van der Waals surface area contributed by atoms with Crippen LogP contribution in [0.4, 0.5) is 0 Å². The van der Waals surface area contributed by atoms with Gasteiger partial charge >= 0.3 is 0 Å². The third-order valence-corrected chi connectivity index (χ3v) is 3.48. The minimum Gasteiger partial charge on any atom is -0.312 e. The molecule has 100 valence electrons. The Morgan fingerprint density at radius 1 is 1.40 bits per heavy atom. The second kappa shape index (κ2) is 5.27. The van der Waals surface area contributed by atoms with Gasteiger partial charge in [-0.1, -0.05) is 18.2 Å². The van der Waals surface area contributed by atoms with Gasteiger partial charge in [0, 0.05) is 25.6 Å². The number of nitrogens with zero attached hydrogens (tertiary/aromatic N) is 3. The zero-order valence-electron chi connectivity index (χ0n) is 11.0. The van der Waals surface area contributed by atoms with Crippen LogP contribution < -0.4 is 10.9 Å². The second-order valence-electron chi connectivity index (χ2n) is 4.81. The molecule has 2 aromatic rings. The average molecular weight is 266 g/mol. The standard InChI is InChI=1S/C15H14N4O/c16-8-11-3-1-2-4-12(11)10-19-15(20)7-13-9-17-6-5-14(13)18-19/h1-4,7,17H,5-6,9-10H2. The van der Waals surface area contributed by atoms with Crippen molar-refractivity contribution in [3.63, 3.8) is 0 Å². The van der Waals surface area contributed by atoms with Crippen molar-refractivity contribution in [1.29, 1.82) is 5.26 Å². The van der Waals surface area contributed by atoms with Gasteiger partial charge in [-0.15, -0.1) is 0 Å². The maximum Gasteiger partial charge on any atom is 0.267 e. The molecule has 0 saturated carbocycles. The summed E-state index contributed by atoms with van der Waals surface area (Å²) in [5.41, 5.74) is 3.23. The maximum absolute atomic E-state index is 12.1. The molecule has 2 heterocycles. The number of nitrogens with one attached hydrogen (secondary N) is 1. The van der Waals surface area contributed by atoms with Crippen LogP contribution in [-0.2, 0) is 19.5 Å². The molecule has 0 spiro atoms. The molecular formula is C15H14N4O. The Balaban J connectivity index is 1.99. The predicted octanol–water partition coefficient (Wildman–Crippen LogP) is 0.809. The summed E-state index contributed by atoms with van der Waals surface area (Å²) < 4.78 is 1.44. The Morgan fingerprint density at radius 3 is 3.10 bits per heavy atom. The molecule has 1 aliphatic rings. The van der Waals surface area contributed by atoms with Crippen molar-refractivity contribution in [2.75, 3.05) is 6.54 Å². The van der Waals surface area contributed by atoms with Crippen LogP contribution in [-0.4, -0.2) is 16.3 Å². The quantitative estimate of drug-likeness (QED) is 0.873. The highest BCUT2D eigenvalue weighted by molar-refractivity contribution is 5.37. The SMILES string of the molecule is N#Cc1ccccc1Cn1nc2c(cc1=O)CNCC2. The lowest BCUT2D eigenvalue weighted by atomic mass is 10.1. The lowest BCUT2D eigenvalue weighted by Gasteiger charge is -2.17. The van der Waals surface area contributed by atoms with Crippen molar-refractivity contribution < 1.29 is 0 Å². The minimum atomic E-state index is -0.125. The molecule has 0 saturated heterocycles. The van der Waals surface area contributed by atoms with Crippen LogP contribution >= 0.6 is 0 Å². The van der Waals surface area contributed by atoms with E-state index < -0.39 is 0 Å². The first-order valence-corrected chi connectivity index (χ1v) is 6.56. The van der Waals surface area contributed by atoms with Gasteiger partial charge in [0.1, 0.15) is 0 Å². The molecule has 5 nitrogen and oxygen atoms in total. The number of rotatable bonds is 2. The Kier molecular flexibility index (Phi) is 3.32. The molecule has 3 rings (SSSR count). The smallest absolute Gasteiger partial charge is 0.267 e. The van der Waals surface area contributed by atoms with Crippen LogP contribution in [0.15, 0.2) is 35.1 Å². The molecule has 1 N–H and O–H groups in total. The van der Waals surface area contributed by atoms with Gasteiger partial charge < -0.3 is 5.32 Å². The van der Waals surface area contributed by atoms with Crippen LogP contribution in [0.5, 0.6) is 0 Å². The number of fused-ring (bicyclic) bond motifs is 1. The van der Waals surface area contributed by atoms with Gasteiger partial charge in [0.05, 0.1) is 23.9 Å². The maximum atomic E-state index is 12.1. The third-order valence-electron chi connectivity index (χ3n) is 3.48. The molecule has 0 fully saturated rings. The molecule has 0 radical (unpaired) electrons. The zero-order valence-corrected chi connectivity index (χ0v) is 11.0. The molecule has 0 bridgehead atoms. The van der Waals surface area contributed by atoms with E-state index >= 15 is 0 Å². The van der Waals surface area contributed by atoms with E-state index in [2.05, 4.69) is 16.5 Å². The highest BCUT2D eigenvalue weighted by Gasteiger charge is 2.13. The van der Waals surface area contributed by atoms with Gasteiger partial charge in [-0.2, -0.15) is 10.4 Å². The second-order valence-corrected chi connectivity index (χ2v) is 4.81. The first kappa shape index (κ1) is 12.6. The van der Waals surface area contributed by atoms with Crippen molar-refractivity contribution in [3.05, 3.63) is 63.1 Å². The van der Waals surface area contributed by atoms with E-state index in [0.717, 1.165) is 29.8 Å². The average Bonchev–Trinajstić information content (AvgIpc) is 2.48. The molecule has 0 amide bonds. The van der Waals surface area contributed by atoms with Gasteiger partial charge in [-0.25, -0.2) is 4.68 Å². The molecule has 0 unspecified atom stereocenters. The molecule has 1 aromatic carbocycles. The molecule has 5 heteroatoms. The number of hydrogen-bond acceptors (Lipinski definition) is 4. The van der Waals surface area contributed by atoms with Crippen molar-refractivity contribution >= 4 is 0 Å². The van der Waals surface area contributed by atoms with Gasteiger partial charge in [0.15, 0.2) is 0 Å². The molecule has 1 aliphatic heterocycles. The number of benzene rings is 1. The monoisotopic (exact) mass is 266 g/mol. The van der Waals surface area contributed by atoms with Crippen LogP contribution in [0.3, 0.4) is 0 Å². The van der Waals surface area contributed by atoms with Gasteiger partial charge in [-0.05, 0) is 17.2 Å². The largest absolute Gasteiger partial charge is 0.312 e. The minimum absolute atomic E-state index is 0.125. The van der Waals surface area contributed by atoms with E-state index in [1.165, 1.54) is 4.68 Å². The van der Waals surface area contributed by atoms with Gasteiger partial charge in [0.2, 0.25) is 0 Å². The van der Waals surface area contributed by atoms with Crippen molar-refractivity contribution in [3.8, 4) is 6.07 Å².